The van der Waals surface area contributed by atoms with Crippen LogP contribution in [0.25, 0.3) is 11.0 Å². The molecular formula is C21H29BO3. The average molecular weight is 340 g/mol. The van der Waals surface area contributed by atoms with Gasteiger partial charge in [0.1, 0.15) is 11.3 Å². The van der Waals surface area contributed by atoms with Crippen LogP contribution in [0.5, 0.6) is 0 Å². The minimum atomic E-state index is -0.380. The van der Waals surface area contributed by atoms with E-state index in [0.717, 1.165) is 16.8 Å². The van der Waals surface area contributed by atoms with Gasteiger partial charge in [-0.3, -0.25) is 0 Å². The van der Waals surface area contributed by atoms with Crippen molar-refractivity contribution in [2.24, 2.45) is 0 Å². The summed E-state index contributed by atoms with van der Waals surface area (Å²) in [4.78, 5) is 0. The number of hydrogen-bond acceptors (Lipinski definition) is 3. The van der Waals surface area contributed by atoms with Gasteiger partial charge in [-0.2, -0.15) is 0 Å². The van der Waals surface area contributed by atoms with Gasteiger partial charge in [0.2, 0.25) is 0 Å². The van der Waals surface area contributed by atoms with E-state index in [9.17, 15) is 0 Å². The quantitative estimate of drug-likeness (QED) is 0.721. The van der Waals surface area contributed by atoms with Gasteiger partial charge in [0.05, 0.1) is 11.2 Å². The van der Waals surface area contributed by atoms with Crippen LogP contribution in [0.3, 0.4) is 0 Å². The van der Waals surface area contributed by atoms with Gasteiger partial charge in [0, 0.05) is 16.4 Å². The fourth-order valence-corrected chi connectivity index (χ4v) is 4.38. The fraction of sp³-hybridized carbons (Fsp3) is 0.619. The molecule has 0 radical (unpaired) electrons. The summed E-state index contributed by atoms with van der Waals surface area (Å²) in [5.41, 5.74) is 3.93. The Hall–Kier alpha value is -1.26. The average Bonchev–Trinajstić information content (AvgIpc) is 3.16. The number of fused-ring (bicyclic) bond motifs is 1. The van der Waals surface area contributed by atoms with Crippen molar-refractivity contribution in [2.75, 3.05) is 0 Å². The molecule has 0 amide bonds. The molecule has 0 N–H and O–H groups in total. The zero-order valence-corrected chi connectivity index (χ0v) is 16.4. The van der Waals surface area contributed by atoms with Gasteiger partial charge in [-0.25, -0.2) is 0 Å². The van der Waals surface area contributed by atoms with Crippen molar-refractivity contribution in [2.45, 2.75) is 84.3 Å². The standard InChI is InChI=1S/C21H29BO3/c1-13-11-16-18(15-9-7-8-10-15)14(2)23-19(16)17(12-13)22-24-20(3,4)21(5,6)25-22/h11-12,15H,7-10H2,1-6H3. The van der Waals surface area contributed by atoms with E-state index < -0.39 is 0 Å². The van der Waals surface area contributed by atoms with Crippen LogP contribution in [0.1, 0.15) is 76.2 Å². The molecule has 4 rings (SSSR count). The molecule has 1 aromatic heterocycles. The van der Waals surface area contributed by atoms with Crippen LogP contribution in [0.15, 0.2) is 16.5 Å². The maximum atomic E-state index is 6.31. The zero-order chi connectivity index (χ0) is 18.0. The molecule has 0 spiro atoms. The van der Waals surface area contributed by atoms with Gasteiger partial charge < -0.3 is 13.7 Å². The molecule has 0 bridgehead atoms. The molecule has 2 heterocycles. The molecule has 2 aliphatic rings. The Morgan fingerprint density at radius 2 is 1.56 bits per heavy atom. The van der Waals surface area contributed by atoms with Crippen molar-refractivity contribution < 1.29 is 13.7 Å². The normalized spacial score (nSPS) is 23.0. The van der Waals surface area contributed by atoms with E-state index >= 15 is 0 Å². The van der Waals surface area contributed by atoms with Crippen molar-refractivity contribution in [1.82, 2.24) is 0 Å². The van der Waals surface area contributed by atoms with Crippen LogP contribution in [0.4, 0.5) is 0 Å². The molecule has 2 fully saturated rings. The lowest BCUT2D eigenvalue weighted by Gasteiger charge is -2.32. The van der Waals surface area contributed by atoms with Crippen LogP contribution in [0.2, 0.25) is 0 Å². The largest absolute Gasteiger partial charge is 0.498 e. The van der Waals surface area contributed by atoms with Gasteiger partial charge in [-0.05, 0) is 66.4 Å². The number of hydrogen-bond donors (Lipinski definition) is 0. The van der Waals surface area contributed by atoms with Crippen molar-refractivity contribution in [1.29, 1.82) is 0 Å². The topological polar surface area (TPSA) is 31.6 Å². The summed E-state index contributed by atoms with van der Waals surface area (Å²) in [5.74, 6) is 1.69. The number of aryl methyl sites for hydroxylation is 2. The number of furan rings is 1. The summed E-state index contributed by atoms with van der Waals surface area (Å²) in [5, 5.41) is 1.26. The predicted molar refractivity (Wildman–Crippen MR) is 103 cm³/mol. The van der Waals surface area contributed by atoms with Crippen molar-refractivity contribution in [3.05, 3.63) is 29.0 Å². The lowest BCUT2D eigenvalue weighted by Crippen LogP contribution is -2.41. The molecule has 134 valence electrons. The Balaban J connectivity index is 1.84. The van der Waals surface area contributed by atoms with Gasteiger partial charge in [-0.15, -0.1) is 0 Å². The Kier molecular flexibility index (Phi) is 3.86. The lowest BCUT2D eigenvalue weighted by molar-refractivity contribution is 0.00578. The second kappa shape index (κ2) is 5.62. The highest BCUT2D eigenvalue weighted by atomic mass is 16.7. The summed E-state index contributed by atoms with van der Waals surface area (Å²) >= 11 is 0. The molecule has 25 heavy (non-hydrogen) atoms. The third-order valence-corrected chi connectivity index (χ3v) is 6.46. The smallest absolute Gasteiger partial charge is 0.461 e. The van der Waals surface area contributed by atoms with E-state index in [1.54, 1.807) is 0 Å². The Bertz CT molecular complexity index is 796. The molecule has 1 saturated carbocycles. The van der Waals surface area contributed by atoms with Crippen molar-refractivity contribution in [3.63, 3.8) is 0 Å². The second-order valence-corrected chi connectivity index (χ2v) is 8.87. The van der Waals surface area contributed by atoms with E-state index in [1.165, 1.54) is 42.2 Å². The molecule has 0 atom stereocenters. The van der Waals surface area contributed by atoms with Crippen molar-refractivity contribution in [3.8, 4) is 0 Å². The molecule has 1 aliphatic carbocycles. The monoisotopic (exact) mass is 340 g/mol. The zero-order valence-electron chi connectivity index (χ0n) is 16.4. The first-order valence-electron chi connectivity index (χ1n) is 9.59. The minimum Gasteiger partial charge on any atom is -0.461 e. The fourth-order valence-electron chi connectivity index (χ4n) is 4.38. The maximum Gasteiger partial charge on any atom is 0.498 e. The highest BCUT2D eigenvalue weighted by Gasteiger charge is 2.52. The summed E-state index contributed by atoms with van der Waals surface area (Å²) in [6.45, 7) is 12.6. The van der Waals surface area contributed by atoms with Crippen molar-refractivity contribution >= 4 is 23.6 Å². The Morgan fingerprint density at radius 3 is 2.16 bits per heavy atom. The second-order valence-electron chi connectivity index (χ2n) is 8.87. The molecule has 1 aliphatic heterocycles. The maximum absolute atomic E-state index is 6.31. The van der Waals surface area contributed by atoms with Gasteiger partial charge in [0.15, 0.2) is 0 Å². The molecular weight excluding hydrogens is 311 g/mol. The molecule has 2 aromatic rings. The summed E-state index contributed by atoms with van der Waals surface area (Å²) in [7, 11) is -0.380. The minimum absolute atomic E-state index is 0.344. The third-order valence-electron chi connectivity index (χ3n) is 6.46. The van der Waals surface area contributed by atoms with Crippen LogP contribution in [-0.4, -0.2) is 18.3 Å². The van der Waals surface area contributed by atoms with E-state index in [1.807, 2.05) is 0 Å². The van der Waals surface area contributed by atoms with Crippen LogP contribution >= 0.6 is 0 Å². The van der Waals surface area contributed by atoms with Crippen LogP contribution in [0, 0.1) is 13.8 Å². The van der Waals surface area contributed by atoms with E-state index in [-0.39, 0.29) is 18.3 Å². The van der Waals surface area contributed by atoms with E-state index in [2.05, 4.69) is 53.7 Å². The molecule has 4 heteroatoms. The lowest BCUT2D eigenvalue weighted by atomic mass is 9.76. The van der Waals surface area contributed by atoms with E-state index in [0.29, 0.717) is 5.92 Å². The number of rotatable bonds is 2. The van der Waals surface area contributed by atoms with Gasteiger partial charge >= 0.3 is 7.12 Å². The highest BCUT2D eigenvalue weighted by molar-refractivity contribution is 6.64. The van der Waals surface area contributed by atoms with Crippen LogP contribution in [-0.2, 0) is 9.31 Å². The summed E-state index contributed by atoms with van der Waals surface area (Å²) < 4.78 is 18.9. The first-order chi connectivity index (χ1) is 11.7. The van der Waals surface area contributed by atoms with Gasteiger partial charge in [-0.1, -0.05) is 24.5 Å². The van der Waals surface area contributed by atoms with Crippen LogP contribution < -0.4 is 5.46 Å². The first kappa shape index (κ1) is 17.2. The highest BCUT2D eigenvalue weighted by Crippen LogP contribution is 2.42. The molecule has 0 unspecified atom stereocenters. The number of benzene rings is 1. The third kappa shape index (κ3) is 2.65. The Morgan fingerprint density at radius 1 is 0.960 bits per heavy atom. The molecule has 1 aromatic carbocycles. The molecule has 1 saturated heterocycles. The molecule has 3 nitrogen and oxygen atoms in total. The first-order valence-corrected chi connectivity index (χ1v) is 9.59. The SMILES string of the molecule is Cc1cc(B2OC(C)(C)C(C)(C)O2)c2oc(C)c(C3CCCC3)c2c1. The predicted octanol–water partition coefficient (Wildman–Crippen LogP) is 5.01. The summed E-state index contributed by atoms with van der Waals surface area (Å²) in [6.07, 6.45) is 5.20. The van der Waals surface area contributed by atoms with E-state index in [4.69, 9.17) is 13.7 Å². The summed E-state index contributed by atoms with van der Waals surface area (Å²) in [6, 6.07) is 4.43. The Labute approximate surface area is 151 Å². The van der Waals surface area contributed by atoms with Gasteiger partial charge in [0.25, 0.3) is 0 Å².